The Labute approximate surface area is 210 Å². The van der Waals surface area contributed by atoms with Crippen LogP contribution in [0, 0.1) is 0 Å². The van der Waals surface area contributed by atoms with E-state index in [2.05, 4.69) is 32.4 Å². The number of benzene rings is 2. The van der Waals surface area contributed by atoms with Gasteiger partial charge in [-0.15, -0.1) is 0 Å². The Balaban J connectivity index is 1.28. The molecule has 36 heavy (non-hydrogen) atoms. The van der Waals surface area contributed by atoms with Gasteiger partial charge in [-0.25, -0.2) is 8.42 Å². The van der Waals surface area contributed by atoms with Gasteiger partial charge in [0, 0.05) is 68.2 Å². The summed E-state index contributed by atoms with van der Waals surface area (Å²) < 4.78 is 33.0. The number of piperazine rings is 1. The van der Waals surface area contributed by atoms with Gasteiger partial charge in [0.15, 0.2) is 5.82 Å². The van der Waals surface area contributed by atoms with E-state index in [-0.39, 0.29) is 17.3 Å². The van der Waals surface area contributed by atoms with Crippen molar-refractivity contribution in [2.45, 2.75) is 17.9 Å². The molecule has 2 aliphatic heterocycles. The Hall–Kier alpha value is -3.41. The molecule has 0 radical (unpaired) electrons. The number of likely N-dealkylation sites (N-methyl/N-ethyl adjacent to an activating group) is 1. The number of H-pyrrole nitrogens is 1. The number of methoxy groups -OCH3 is 1. The maximum atomic E-state index is 13.2. The van der Waals surface area contributed by atoms with E-state index < -0.39 is 10.0 Å². The summed E-state index contributed by atoms with van der Waals surface area (Å²) in [5.41, 5.74) is 3.12. The summed E-state index contributed by atoms with van der Waals surface area (Å²) in [7, 11) is -0.0569. The number of amides is 1. The van der Waals surface area contributed by atoms with E-state index in [0.717, 1.165) is 37.6 Å². The van der Waals surface area contributed by atoms with Crippen LogP contribution in [0.25, 0.3) is 0 Å². The van der Waals surface area contributed by atoms with Gasteiger partial charge in [-0.05, 0) is 55.6 Å². The fourth-order valence-corrected chi connectivity index (χ4v) is 5.95. The number of hydrogen-bond donors (Lipinski definition) is 2. The van der Waals surface area contributed by atoms with E-state index in [1.54, 1.807) is 12.1 Å². The van der Waals surface area contributed by atoms with Crippen molar-refractivity contribution in [2.24, 2.45) is 0 Å². The minimum Gasteiger partial charge on any atom is -0.497 e. The molecular formula is C25H30N6O4S. The molecule has 1 saturated heterocycles. The Morgan fingerprint density at radius 1 is 1.00 bits per heavy atom. The highest BCUT2D eigenvalue weighted by Crippen LogP contribution is 2.29. The van der Waals surface area contributed by atoms with Gasteiger partial charge in [-0.1, -0.05) is 0 Å². The summed E-state index contributed by atoms with van der Waals surface area (Å²) in [6, 6.07) is 13.9. The van der Waals surface area contributed by atoms with Gasteiger partial charge < -0.3 is 19.9 Å². The summed E-state index contributed by atoms with van der Waals surface area (Å²) in [5, 5.41) is 10.1. The number of nitrogens with one attached hydrogen (secondary N) is 2. The van der Waals surface area contributed by atoms with Gasteiger partial charge in [-0.2, -0.15) is 9.40 Å². The van der Waals surface area contributed by atoms with E-state index in [4.69, 9.17) is 4.74 Å². The van der Waals surface area contributed by atoms with E-state index >= 15 is 0 Å². The molecule has 5 rings (SSSR count). The predicted octanol–water partition coefficient (Wildman–Crippen LogP) is 2.17. The van der Waals surface area contributed by atoms with Gasteiger partial charge in [0.25, 0.3) is 5.91 Å². The van der Waals surface area contributed by atoms with Crippen molar-refractivity contribution in [3.8, 4) is 5.75 Å². The average molecular weight is 511 g/mol. The highest BCUT2D eigenvalue weighted by atomic mass is 32.2. The van der Waals surface area contributed by atoms with Crippen molar-refractivity contribution >= 4 is 27.4 Å². The molecule has 3 aromatic rings. The molecule has 1 aromatic heterocycles. The highest BCUT2D eigenvalue weighted by Gasteiger charge is 2.31. The number of rotatable bonds is 6. The number of aromatic amines is 1. The zero-order chi connectivity index (χ0) is 25.3. The van der Waals surface area contributed by atoms with Crippen LogP contribution in [0.2, 0.25) is 0 Å². The summed E-state index contributed by atoms with van der Waals surface area (Å²) in [6.45, 7) is 4.38. The van der Waals surface area contributed by atoms with E-state index in [1.165, 1.54) is 23.5 Å². The molecule has 2 aromatic carbocycles. The second kappa shape index (κ2) is 9.92. The van der Waals surface area contributed by atoms with Crippen molar-refractivity contribution in [1.29, 1.82) is 0 Å². The second-order valence-electron chi connectivity index (χ2n) is 9.08. The number of fused-ring (bicyclic) bond motifs is 1. The molecule has 1 amide bonds. The number of aromatic nitrogens is 2. The number of hydrogen-bond acceptors (Lipinski definition) is 7. The fraction of sp³-hybridized carbons (Fsp3) is 0.360. The van der Waals surface area contributed by atoms with Crippen LogP contribution in [0.1, 0.15) is 21.6 Å². The lowest BCUT2D eigenvalue weighted by Crippen LogP contribution is -2.44. The monoisotopic (exact) mass is 510 g/mol. The first kappa shape index (κ1) is 24.3. The van der Waals surface area contributed by atoms with Gasteiger partial charge in [0.05, 0.1) is 12.0 Å². The number of anilines is 2. The summed E-state index contributed by atoms with van der Waals surface area (Å²) in [6.07, 6.45) is 0.479. The molecule has 3 heterocycles. The predicted molar refractivity (Wildman–Crippen MR) is 137 cm³/mol. The molecular weight excluding hydrogens is 480 g/mol. The maximum absolute atomic E-state index is 13.2. The molecule has 0 bridgehead atoms. The first-order chi connectivity index (χ1) is 17.3. The van der Waals surface area contributed by atoms with Gasteiger partial charge in [0.1, 0.15) is 5.75 Å². The topological polar surface area (TPSA) is 111 Å². The summed E-state index contributed by atoms with van der Waals surface area (Å²) in [5.74, 6) is 0.656. The molecule has 0 aliphatic carbocycles. The number of ether oxygens (including phenoxy) is 1. The quantitative estimate of drug-likeness (QED) is 0.523. The molecule has 1 fully saturated rings. The Morgan fingerprint density at radius 2 is 1.69 bits per heavy atom. The van der Waals surface area contributed by atoms with Gasteiger partial charge in [-0.3, -0.25) is 9.89 Å². The van der Waals surface area contributed by atoms with Crippen molar-refractivity contribution in [3.63, 3.8) is 0 Å². The Kier molecular flexibility index (Phi) is 6.69. The standard InChI is InChI=1S/C25H30N6O4S/c1-29-13-15-30(16-14-29)19-5-3-18(4-6-19)25(32)26-24-22-17-31(12-11-23(22)27-28-24)36(33,34)21-9-7-20(35-2)8-10-21/h3-10H,11-17H2,1-2H3,(H2,26,27,28,32). The van der Waals surface area contributed by atoms with Gasteiger partial charge in [0.2, 0.25) is 10.0 Å². The third-order valence-corrected chi connectivity index (χ3v) is 8.68. The summed E-state index contributed by atoms with van der Waals surface area (Å²) >= 11 is 0. The molecule has 2 N–H and O–H groups in total. The zero-order valence-corrected chi connectivity index (χ0v) is 21.2. The second-order valence-corrected chi connectivity index (χ2v) is 11.0. The molecule has 10 nitrogen and oxygen atoms in total. The molecule has 0 unspecified atom stereocenters. The average Bonchev–Trinajstić information content (AvgIpc) is 3.31. The third kappa shape index (κ3) is 4.81. The molecule has 0 atom stereocenters. The Bertz CT molecular complexity index is 1330. The minimum atomic E-state index is -3.71. The lowest BCUT2D eigenvalue weighted by Gasteiger charge is -2.34. The fourth-order valence-electron chi connectivity index (χ4n) is 4.54. The largest absolute Gasteiger partial charge is 0.497 e. The lowest BCUT2D eigenvalue weighted by atomic mass is 10.1. The van der Waals surface area contributed by atoms with Crippen molar-refractivity contribution in [1.82, 2.24) is 19.4 Å². The molecule has 11 heteroatoms. The van der Waals surface area contributed by atoms with Crippen LogP contribution < -0.4 is 15.0 Å². The van der Waals surface area contributed by atoms with Crippen LogP contribution in [-0.4, -0.2) is 80.6 Å². The SMILES string of the molecule is COc1ccc(S(=O)(=O)N2CCc3[nH]nc(NC(=O)c4ccc(N5CCN(C)CC5)cc4)c3C2)cc1. The third-order valence-electron chi connectivity index (χ3n) is 6.83. The Morgan fingerprint density at radius 3 is 2.36 bits per heavy atom. The van der Waals surface area contributed by atoms with Crippen LogP contribution in [0.5, 0.6) is 5.75 Å². The van der Waals surface area contributed by atoms with Crippen LogP contribution in [0.3, 0.4) is 0 Å². The minimum absolute atomic E-state index is 0.123. The van der Waals surface area contributed by atoms with E-state index in [1.807, 2.05) is 24.3 Å². The van der Waals surface area contributed by atoms with Gasteiger partial charge >= 0.3 is 0 Å². The van der Waals surface area contributed by atoms with Crippen molar-refractivity contribution in [3.05, 3.63) is 65.4 Å². The maximum Gasteiger partial charge on any atom is 0.256 e. The smallest absolute Gasteiger partial charge is 0.256 e. The van der Waals surface area contributed by atoms with E-state index in [9.17, 15) is 13.2 Å². The molecule has 0 spiro atoms. The number of carbonyl (C=O) groups is 1. The number of sulfonamides is 1. The van der Waals surface area contributed by atoms with E-state index in [0.29, 0.717) is 35.7 Å². The molecule has 190 valence electrons. The first-order valence-corrected chi connectivity index (χ1v) is 13.3. The molecule has 0 saturated carbocycles. The van der Waals surface area contributed by atoms with Crippen LogP contribution in [0.4, 0.5) is 11.5 Å². The number of carbonyl (C=O) groups excluding carboxylic acids is 1. The van der Waals surface area contributed by atoms with Crippen molar-refractivity contribution in [2.75, 3.05) is 57.1 Å². The van der Waals surface area contributed by atoms with Crippen LogP contribution in [0.15, 0.2) is 53.4 Å². The first-order valence-electron chi connectivity index (χ1n) is 11.9. The van der Waals surface area contributed by atoms with Crippen LogP contribution in [-0.2, 0) is 23.0 Å². The lowest BCUT2D eigenvalue weighted by molar-refractivity contribution is 0.102. The zero-order valence-electron chi connectivity index (χ0n) is 20.4. The normalized spacial score (nSPS) is 17.0. The number of nitrogens with zero attached hydrogens (tertiary/aromatic N) is 4. The summed E-state index contributed by atoms with van der Waals surface area (Å²) in [4.78, 5) is 17.8. The van der Waals surface area contributed by atoms with Crippen LogP contribution >= 0.6 is 0 Å². The highest BCUT2D eigenvalue weighted by molar-refractivity contribution is 7.89. The molecule has 2 aliphatic rings. The van der Waals surface area contributed by atoms with Crippen molar-refractivity contribution < 1.29 is 17.9 Å².